The van der Waals surface area contributed by atoms with Crippen LogP contribution < -0.4 is 4.74 Å². The molecular weight excluding hydrogens is 411 g/mol. The summed E-state index contributed by atoms with van der Waals surface area (Å²) >= 11 is 6.02. The summed E-state index contributed by atoms with van der Waals surface area (Å²) in [6, 6.07) is 11.2. The van der Waals surface area contributed by atoms with Crippen LogP contribution in [0.3, 0.4) is 0 Å². The van der Waals surface area contributed by atoms with E-state index in [1.54, 1.807) is 12.0 Å². The highest BCUT2D eigenvalue weighted by atomic mass is 35.5. The molecule has 0 atom stereocenters. The van der Waals surface area contributed by atoms with E-state index in [4.69, 9.17) is 20.9 Å². The van der Waals surface area contributed by atoms with Crippen molar-refractivity contribution in [3.63, 3.8) is 0 Å². The van der Waals surface area contributed by atoms with Gasteiger partial charge in [0.15, 0.2) is 0 Å². The number of ether oxygens (including phenoxy) is 1. The quantitative estimate of drug-likeness (QED) is 0.617. The summed E-state index contributed by atoms with van der Waals surface area (Å²) in [5, 5.41) is 4.17. The third kappa shape index (κ3) is 4.44. The van der Waals surface area contributed by atoms with Crippen molar-refractivity contribution in [2.75, 3.05) is 33.3 Å². The van der Waals surface area contributed by atoms with Crippen molar-refractivity contribution >= 4 is 17.5 Å². The Morgan fingerprint density at radius 1 is 1.17 bits per heavy atom. The molecule has 2 heterocycles. The number of amides is 1. The Hall–Kier alpha value is -2.97. The second-order valence-corrected chi connectivity index (χ2v) is 7.34. The highest BCUT2D eigenvalue weighted by Crippen LogP contribution is 2.22. The van der Waals surface area contributed by atoms with E-state index in [1.165, 1.54) is 12.1 Å². The lowest BCUT2D eigenvalue weighted by molar-refractivity contribution is 0.0615. The van der Waals surface area contributed by atoms with Gasteiger partial charge in [-0.1, -0.05) is 16.8 Å². The number of carbonyl (C=O) groups is 1. The molecule has 0 radical (unpaired) electrons. The van der Waals surface area contributed by atoms with E-state index < -0.39 is 5.82 Å². The predicted octanol–water partition coefficient (Wildman–Crippen LogP) is 3.50. The van der Waals surface area contributed by atoms with Crippen molar-refractivity contribution in [1.82, 2.24) is 19.9 Å². The molecule has 3 aromatic rings. The third-order valence-electron chi connectivity index (χ3n) is 5.00. The number of piperazine rings is 1. The molecule has 1 fully saturated rings. The minimum Gasteiger partial charge on any atom is -0.497 e. The van der Waals surface area contributed by atoms with E-state index in [9.17, 15) is 9.18 Å². The van der Waals surface area contributed by atoms with Gasteiger partial charge in [0.1, 0.15) is 11.6 Å². The first-order valence-corrected chi connectivity index (χ1v) is 9.85. The standard InChI is InChI=1S/C21H20ClFN4O3/c1-29-16-5-2-14(3-6-16)20-24-19(30-25-20)13-26-8-10-27(11-9-26)21(28)17-7-4-15(23)12-18(17)22/h2-7,12H,8-11,13H2,1H3. The Labute approximate surface area is 178 Å². The Kier molecular flexibility index (Phi) is 5.96. The number of hydrogen-bond acceptors (Lipinski definition) is 6. The summed E-state index contributed by atoms with van der Waals surface area (Å²) in [5.74, 6) is 1.14. The van der Waals surface area contributed by atoms with E-state index in [2.05, 4.69) is 15.0 Å². The van der Waals surface area contributed by atoms with Crippen LogP contribution in [0.5, 0.6) is 5.75 Å². The Morgan fingerprint density at radius 2 is 1.90 bits per heavy atom. The number of benzene rings is 2. The second kappa shape index (κ2) is 8.81. The Bertz CT molecular complexity index is 1030. The van der Waals surface area contributed by atoms with Crippen molar-refractivity contribution in [3.8, 4) is 17.1 Å². The van der Waals surface area contributed by atoms with E-state index in [0.29, 0.717) is 50.0 Å². The molecule has 1 aromatic heterocycles. The summed E-state index contributed by atoms with van der Waals surface area (Å²) in [6.45, 7) is 2.89. The maximum atomic E-state index is 13.2. The highest BCUT2D eigenvalue weighted by molar-refractivity contribution is 6.33. The molecule has 0 bridgehead atoms. The maximum absolute atomic E-state index is 13.2. The second-order valence-electron chi connectivity index (χ2n) is 6.93. The van der Waals surface area contributed by atoms with Gasteiger partial charge in [0.05, 0.1) is 24.2 Å². The van der Waals surface area contributed by atoms with E-state index in [-0.39, 0.29) is 10.9 Å². The van der Waals surface area contributed by atoms with Crippen molar-refractivity contribution in [1.29, 1.82) is 0 Å². The van der Waals surface area contributed by atoms with Crippen LogP contribution in [-0.4, -0.2) is 59.1 Å². The van der Waals surface area contributed by atoms with Crippen LogP contribution in [-0.2, 0) is 6.54 Å². The van der Waals surface area contributed by atoms with E-state index in [0.717, 1.165) is 17.4 Å². The molecular formula is C21H20ClFN4O3. The van der Waals surface area contributed by atoms with Crippen LogP contribution in [0.1, 0.15) is 16.2 Å². The number of rotatable bonds is 5. The molecule has 0 spiro atoms. The van der Waals surface area contributed by atoms with Crippen LogP contribution in [0, 0.1) is 5.82 Å². The Morgan fingerprint density at radius 3 is 2.57 bits per heavy atom. The molecule has 4 rings (SSSR count). The number of nitrogens with zero attached hydrogens (tertiary/aromatic N) is 4. The van der Waals surface area contributed by atoms with Crippen LogP contribution in [0.25, 0.3) is 11.4 Å². The Balaban J connectivity index is 1.33. The zero-order valence-electron chi connectivity index (χ0n) is 16.3. The van der Waals surface area contributed by atoms with Crippen molar-refractivity contribution in [2.24, 2.45) is 0 Å². The molecule has 1 aliphatic rings. The average Bonchev–Trinajstić information content (AvgIpc) is 3.22. The third-order valence-corrected chi connectivity index (χ3v) is 5.31. The smallest absolute Gasteiger partial charge is 0.255 e. The fraction of sp³-hybridized carbons (Fsp3) is 0.286. The van der Waals surface area contributed by atoms with Gasteiger partial charge in [-0.2, -0.15) is 4.98 Å². The monoisotopic (exact) mass is 430 g/mol. The molecule has 0 saturated carbocycles. The molecule has 0 aliphatic carbocycles. The molecule has 156 valence electrons. The molecule has 0 unspecified atom stereocenters. The van der Waals surface area contributed by atoms with Gasteiger partial charge in [-0.25, -0.2) is 4.39 Å². The molecule has 30 heavy (non-hydrogen) atoms. The summed E-state index contributed by atoms with van der Waals surface area (Å²) in [4.78, 5) is 21.0. The lowest BCUT2D eigenvalue weighted by atomic mass is 10.1. The lowest BCUT2D eigenvalue weighted by Crippen LogP contribution is -2.48. The van der Waals surface area contributed by atoms with E-state index >= 15 is 0 Å². The van der Waals surface area contributed by atoms with Crippen molar-refractivity contribution in [3.05, 3.63) is 64.8 Å². The van der Waals surface area contributed by atoms with Gasteiger partial charge >= 0.3 is 0 Å². The van der Waals surface area contributed by atoms with Gasteiger partial charge < -0.3 is 14.2 Å². The lowest BCUT2D eigenvalue weighted by Gasteiger charge is -2.34. The van der Waals surface area contributed by atoms with Gasteiger partial charge in [0, 0.05) is 31.7 Å². The van der Waals surface area contributed by atoms with Crippen LogP contribution in [0.4, 0.5) is 4.39 Å². The summed E-state index contributed by atoms with van der Waals surface area (Å²) in [7, 11) is 1.61. The number of carbonyl (C=O) groups excluding carboxylic acids is 1. The van der Waals surface area contributed by atoms with Gasteiger partial charge in [0.2, 0.25) is 11.7 Å². The predicted molar refractivity (Wildman–Crippen MR) is 109 cm³/mol. The normalized spacial score (nSPS) is 14.7. The summed E-state index contributed by atoms with van der Waals surface area (Å²) in [5.41, 5.74) is 1.16. The first kappa shape index (κ1) is 20.3. The molecule has 1 saturated heterocycles. The van der Waals surface area contributed by atoms with E-state index in [1.807, 2.05) is 24.3 Å². The zero-order chi connectivity index (χ0) is 21.1. The molecule has 9 heteroatoms. The number of halogens is 2. The molecule has 1 amide bonds. The fourth-order valence-corrected chi connectivity index (χ4v) is 3.56. The van der Waals surface area contributed by atoms with Crippen molar-refractivity contribution < 1.29 is 18.4 Å². The first-order valence-electron chi connectivity index (χ1n) is 9.47. The fourth-order valence-electron chi connectivity index (χ4n) is 3.31. The maximum Gasteiger partial charge on any atom is 0.255 e. The van der Waals surface area contributed by atoms with Crippen molar-refractivity contribution in [2.45, 2.75) is 6.54 Å². The zero-order valence-corrected chi connectivity index (χ0v) is 17.1. The van der Waals surface area contributed by atoms with Gasteiger partial charge in [-0.15, -0.1) is 0 Å². The molecule has 1 aliphatic heterocycles. The molecule has 2 aromatic carbocycles. The van der Waals surface area contributed by atoms with Gasteiger partial charge in [-0.05, 0) is 42.5 Å². The number of methoxy groups -OCH3 is 1. The van der Waals surface area contributed by atoms with Gasteiger partial charge in [0.25, 0.3) is 5.91 Å². The van der Waals surface area contributed by atoms with Gasteiger partial charge in [-0.3, -0.25) is 9.69 Å². The average molecular weight is 431 g/mol. The van der Waals surface area contributed by atoms with Crippen LogP contribution in [0.2, 0.25) is 5.02 Å². The minimum absolute atomic E-state index is 0.124. The summed E-state index contributed by atoms with van der Waals surface area (Å²) < 4.78 is 23.7. The van der Waals surface area contributed by atoms with Crippen LogP contribution in [0.15, 0.2) is 47.0 Å². The molecule has 7 nitrogen and oxygen atoms in total. The largest absolute Gasteiger partial charge is 0.497 e. The number of hydrogen-bond donors (Lipinski definition) is 0. The minimum atomic E-state index is -0.463. The highest BCUT2D eigenvalue weighted by Gasteiger charge is 2.25. The SMILES string of the molecule is COc1ccc(-c2noc(CN3CCN(C(=O)c4ccc(F)cc4Cl)CC3)n2)cc1. The molecule has 0 N–H and O–H groups in total. The number of aromatic nitrogens is 2. The first-order chi connectivity index (χ1) is 14.5. The topological polar surface area (TPSA) is 71.7 Å². The summed E-state index contributed by atoms with van der Waals surface area (Å²) in [6.07, 6.45) is 0. The van der Waals surface area contributed by atoms with Crippen LogP contribution >= 0.6 is 11.6 Å².